The smallest absolute Gasteiger partial charge is 0.180 e. The van der Waals surface area contributed by atoms with E-state index in [4.69, 9.17) is 0 Å². The van der Waals surface area contributed by atoms with E-state index in [-0.39, 0.29) is 5.43 Å². The molecule has 2 atom stereocenters. The van der Waals surface area contributed by atoms with Crippen molar-refractivity contribution in [3.8, 4) is 10.6 Å². The lowest BCUT2D eigenvalue weighted by Gasteiger charge is -2.34. The zero-order valence-electron chi connectivity index (χ0n) is 15.4. The van der Waals surface area contributed by atoms with Gasteiger partial charge in [0.05, 0.1) is 20.8 Å². The SMILES string of the molecule is CCC.O=c1ccc2nc3ccc(N4CC5CCC(C4)N5)cc3sc-2c1. The van der Waals surface area contributed by atoms with Crippen LogP contribution in [0, 0.1) is 0 Å². The van der Waals surface area contributed by atoms with Gasteiger partial charge in [0.15, 0.2) is 5.43 Å². The lowest BCUT2D eigenvalue weighted by Crippen LogP contribution is -2.51. The maximum Gasteiger partial charge on any atom is 0.180 e. The van der Waals surface area contributed by atoms with Crippen LogP contribution in [0.3, 0.4) is 0 Å². The average molecular weight is 368 g/mol. The summed E-state index contributed by atoms with van der Waals surface area (Å²) < 4.78 is 1.14. The molecule has 0 radical (unpaired) electrons. The van der Waals surface area contributed by atoms with Gasteiger partial charge < -0.3 is 10.2 Å². The predicted octanol–water partition coefficient (Wildman–Crippen LogP) is 4.12. The fourth-order valence-corrected chi connectivity index (χ4v) is 4.83. The number of hydrogen-bond acceptors (Lipinski definition) is 5. The molecule has 5 heteroatoms. The summed E-state index contributed by atoms with van der Waals surface area (Å²) in [6.07, 6.45) is 3.83. The quantitative estimate of drug-likeness (QED) is 0.657. The molecule has 0 spiro atoms. The molecule has 1 aromatic rings. The molecule has 2 bridgehead atoms. The van der Waals surface area contributed by atoms with E-state index in [1.807, 2.05) is 6.07 Å². The Kier molecular flexibility index (Phi) is 4.92. The topological polar surface area (TPSA) is 45.2 Å². The van der Waals surface area contributed by atoms with Gasteiger partial charge in [0, 0.05) is 36.9 Å². The summed E-state index contributed by atoms with van der Waals surface area (Å²) in [5, 5.41) is 3.67. The first kappa shape index (κ1) is 17.4. The zero-order valence-corrected chi connectivity index (χ0v) is 16.2. The molecule has 0 aromatic heterocycles. The van der Waals surface area contributed by atoms with E-state index in [2.05, 4.69) is 47.2 Å². The highest BCUT2D eigenvalue weighted by molar-refractivity contribution is 7.21. The summed E-state index contributed by atoms with van der Waals surface area (Å²) in [5.74, 6) is 0. The molecular weight excluding hydrogens is 342 g/mol. The van der Waals surface area contributed by atoms with Gasteiger partial charge in [0.2, 0.25) is 0 Å². The van der Waals surface area contributed by atoms with Gasteiger partial charge in [-0.3, -0.25) is 4.79 Å². The summed E-state index contributed by atoms with van der Waals surface area (Å²) in [5.41, 5.74) is 3.22. The standard InChI is InChI=1S/C18H17N3OS.C3H8/c22-14-4-6-16-18(8-14)23-17-7-13(3-5-15(17)20-16)21-9-11-1-2-12(10-21)19-11;1-3-2/h3-8,11-12,19H,1-2,9-10H2;3H2,1-2H3. The van der Waals surface area contributed by atoms with Crippen LogP contribution in [0.4, 0.5) is 5.69 Å². The Bertz CT molecular complexity index is 926. The molecular formula is C21H25N3OS. The molecule has 2 unspecified atom stereocenters. The number of piperazine rings is 1. The second kappa shape index (κ2) is 7.33. The fraction of sp³-hybridized carbons (Fsp3) is 0.429. The van der Waals surface area contributed by atoms with Crippen molar-refractivity contribution in [1.82, 2.24) is 10.3 Å². The van der Waals surface area contributed by atoms with Crippen molar-refractivity contribution in [1.29, 1.82) is 0 Å². The van der Waals surface area contributed by atoms with Gasteiger partial charge in [-0.2, -0.15) is 0 Å². The summed E-state index contributed by atoms with van der Waals surface area (Å²) in [7, 11) is 0. The maximum absolute atomic E-state index is 11.6. The molecule has 3 heterocycles. The second-order valence-electron chi connectivity index (χ2n) is 7.25. The highest BCUT2D eigenvalue weighted by atomic mass is 32.1. The van der Waals surface area contributed by atoms with Gasteiger partial charge in [-0.1, -0.05) is 20.3 Å². The van der Waals surface area contributed by atoms with Crippen LogP contribution >= 0.6 is 11.3 Å². The van der Waals surface area contributed by atoms with Crippen LogP contribution in [-0.4, -0.2) is 30.2 Å². The Balaban J connectivity index is 0.000000527. The highest BCUT2D eigenvalue weighted by Crippen LogP contribution is 2.33. The van der Waals surface area contributed by atoms with Crippen molar-refractivity contribution in [2.24, 2.45) is 0 Å². The Morgan fingerprint density at radius 1 is 1.12 bits per heavy atom. The van der Waals surface area contributed by atoms with Crippen molar-refractivity contribution in [2.75, 3.05) is 18.0 Å². The largest absolute Gasteiger partial charge is 0.368 e. The number of nitrogens with zero attached hydrogens (tertiary/aromatic N) is 2. The van der Waals surface area contributed by atoms with Gasteiger partial charge in [-0.05, 0) is 43.2 Å². The molecule has 3 aliphatic heterocycles. The molecule has 136 valence electrons. The Morgan fingerprint density at radius 2 is 1.85 bits per heavy atom. The van der Waals surface area contributed by atoms with Crippen molar-refractivity contribution < 1.29 is 0 Å². The lowest BCUT2D eigenvalue weighted by molar-refractivity contribution is 0.466. The number of rotatable bonds is 1. The molecule has 4 aliphatic rings. The summed E-state index contributed by atoms with van der Waals surface area (Å²) >= 11 is 1.66. The molecule has 4 nitrogen and oxygen atoms in total. The first-order chi connectivity index (χ1) is 12.7. The van der Waals surface area contributed by atoms with Gasteiger partial charge >= 0.3 is 0 Å². The minimum absolute atomic E-state index is 0.0461. The first-order valence-corrected chi connectivity index (χ1v) is 10.3. The fourth-order valence-electron chi connectivity index (χ4n) is 3.80. The Labute approximate surface area is 158 Å². The minimum atomic E-state index is 0.0461. The van der Waals surface area contributed by atoms with Crippen LogP contribution in [0.2, 0.25) is 0 Å². The summed E-state index contributed by atoms with van der Waals surface area (Å²) in [4.78, 5) is 19.7. The zero-order chi connectivity index (χ0) is 18.1. The highest BCUT2D eigenvalue weighted by Gasteiger charge is 2.32. The van der Waals surface area contributed by atoms with E-state index in [0.29, 0.717) is 12.1 Å². The number of benzene rings is 2. The van der Waals surface area contributed by atoms with E-state index in [1.165, 1.54) is 24.9 Å². The van der Waals surface area contributed by atoms with Gasteiger partial charge in [-0.25, -0.2) is 4.98 Å². The maximum atomic E-state index is 11.6. The number of hydrogen-bond donors (Lipinski definition) is 1. The van der Waals surface area contributed by atoms with Crippen LogP contribution < -0.4 is 15.6 Å². The van der Waals surface area contributed by atoms with Crippen molar-refractivity contribution >= 4 is 27.2 Å². The number of nitrogens with one attached hydrogen (secondary N) is 1. The van der Waals surface area contributed by atoms with Crippen molar-refractivity contribution in [3.05, 3.63) is 46.6 Å². The monoisotopic (exact) mass is 367 g/mol. The summed E-state index contributed by atoms with van der Waals surface area (Å²) in [6.45, 7) is 6.41. The van der Waals surface area contributed by atoms with Crippen LogP contribution in [0.15, 0.2) is 41.2 Å². The van der Waals surface area contributed by atoms with Gasteiger partial charge in [-0.15, -0.1) is 11.3 Å². The number of anilines is 1. The molecule has 1 N–H and O–H groups in total. The molecule has 1 aliphatic carbocycles. The Morgan fingerprint density at radius 3 is 2.58 bits per heavy atom. The molecule has 2 fully saturated rings. The molecule has 1 aromatic carbocycles. The third-order valence-corrected chi connectivity index (χ3v) is 6.01. The number of fused-ring (bicyclic) bond motifs is 4. The second-order valence-corrected chi connectivity index (χ2v) is 8.33. The third-order valence-electron chi connectivity index (χ3n) is 4.92. The minimum Gasteiger partial charge on any atom is -0.368 e. The van der Waals surface area contributed by atoms with Crippen LogP contribution in [0.25, 0.3) is 20.8 Å². The van der Waals surface area contributed by atoms with Crippen LogP contribution in [0.1, 0.15) is 33.1 Å². The molecule has 0 saturated carbocycles. The molecule has 5 rings (SSSR count). The normalized spacial score (nSPS) is 21.7. The van der Waals surface area contributed by atoms with Crippen molar-refractivity contribution in [3.63, 3.8) is 0 Å². The van der Waals surface area contributed by atoms with Gasteiger partial charge in [0.25, 0.3) is 0 Å². The summed E-state index contributed by atoms with van der Waals surface area (Å²) in [6, 6.07) is 12.9. The van der Waals surface area contributed by atoms with E-state index >= 15 is 0 Å². The van der Waals surface area contributed by atoms with E-state index < -0.39 is 0 Å². The lowest BCUT2D eigenvalue weighted by atomic mass is 10.2. The molecule has 2 saturated heterocycles. The third kappa shape index (κ3) is 3.46. The van der Waals surface area contributed by atoms with E-state index in [9.17, 15) is 4.79 Å². The predicted molar refractivity (Wildman–Crippen MR) is 111 cm³/mol. The number of aromatic nitrogens is 1. The van der Waals surface area contributed by atoms with Crippen LogP contribution in [-0.2, 0) is 0 Å². The van der Waals surface area contributed by atoms with Crippen LogP contribution in [0.5, 0.6) is 0 Å². The van der Waals surface area contributed by atoms with Gasteiger partial charge in [0.1, 0.15) is 0 Å². The average Bonchev–Trinajstić information content (AvgIpc) is 2.98. The molecule has 0 amide bonds. The Hall–Kier alpha value is -1.98. The van der Waals surface area contributed by atoms with E-state index in [0.717, 1.165) is 33.9 Å². The molecule has 26 heavy (non-hydrogen) atoms. The first-order valence-electron chi connectivity index (χ1n) is 9.52. The van der Waals surface area contributed by atoms with E-state index in [1.54, 1.807) is 23.5 Å². The van der Waals surface area contributed by atoms with Crippen molar-refractivity contribution in [2.45, 2.75) is 45.2 Å².